The first kappa shape index (κ1) is 19.1. The fourth-order valence-electron chi connectivity index (χ4n) is 4.16. The van der Waals surface area contributed by atoms with Crippen molar-refractivity contribution in [2.45, 2.75) is 62.8 Å². The number of hydrogen-bond donors (Lipinski definition) is 2. The highest BCUT2D eigenvalue weighted by molar-refractivity contribution is 7.48. The Labute approximate surface area is 164 Å². The number of ether oxygens (including phenoxy) is 1. The molecular formula is C16H21FN5O6P. The summed E-state index contributed by atoms with van der Waals surface area (Å²) in [6, 6.07) is 0. The molecule has 0 spiro atoms. The Bertz CT molecular complexity index is 996. The number of aromatic nitrogens is 4. The highest BCUT2D eigenvalue weighted by Crippen LogP contribution is 2.61. The number of hydrogen-bond acceptors (Lipinski definition) is 10. The maximum absolute atomic E-state index is 15.9. The molecule has 2 saturated heterocycles. The topological polar surface area (TPSA) is 144 Å². The van der Waals surface area contributed by atoms with E-state index in [1.165, 1.54) is 17.8 Å². The Morgan fingerprint density at radius 2 is 2.17 bits per heavy atom. The minimum absolute atomic E-state index is 0.0564. The van der Waals surface area contributed by atoms with Crippen molar-refractivity contribution in [3.63, 3.8) is 0 Å². The van der Waals surface area contributed by atoms with Crippen LogP contribution in [0, 0.1) is 0 Å². The smallest absolute Gasteiger partial charge is 0.475 e. The van der Waals surface area contributed by atoms with E-state index in [9.17, 15) is 9.67 Å². The van der Waals surface area contributed by atoms with Gasteiger partial charge in [0.2, 0.25) is 11.8 Å². The number of nitrogens with zero attached hydrogens (tertiary/aromatic N) is 4. The lowest BCUT2D eigenvalue weighted by atomic mass is 9.98. The van der Waals surface area contributed by atoms with Crippen molar-refractivity contribution in [1.82, 2.24) is 19.5 Å². The van der Waals surface area contributed by atoms with E-state index < -0.39 is 37.8 Å². The second-order valence-electron chi connectivity index (χ2n) is 7.69. The lowest BCUT2D eigenvalue weighted by Gasteiger charge is -2.34. The van der Waals surface area contributed by atoms with Gasteiger partial charge in [-0.3, -0.25) is 18.1 Å². The van der Waals surface area contributed by atoms with E-state index in [0.29, 0.717) is 0 Å². The number of imidazole rings is 1. The largest absolute Gasteiger partial charge is 0.492 e. The van der Waals surface area contributed by atoms with Crippen LogP contribution in [-0.4, -0.2) is 55.2 Å². The van der Waals surface area contributed by atoms with Gasteiger partial charge in [0.1, 0.15) is 12.2 Å². The number of phosphoric acid groups is 1. The molecule has 1 aliphatic carbocycles. The highest BCUT2D eigenvalue weighted by Gasteiger charge is 2.62. The van der Waals surface area contributed by atoms with Crippen LogP contribution in [0.5, 0.6) is 5.88 Å². The maximum atomic E-state index is 15.9. The SMILES string of the molecule is C[C@@]1(F)[C@@H]2OP(=O)(OC3CCCC3)OC[C@H]2O[C@H]1n1cnc2c(O)nc(N)nc21. The van der Waals surface area contributed by atoms with Crippen LogP contribution >= 0.6 is 7.82 Å². The monoisotopic (exact) mass is 429 g/mol. The van der Waals surface area contributed by atoms with Gasteiger partial charge in [0, 0.05) is 0 Å². The molecule has 3 fully saturated rings. The van der Waals surface area contributed by atoms with Crippen molar-refractivity contribution >= 4 is 24.9 Å². The molecule has 0 radical (unpaired) electrons. The molecule has 0 bridgehead atoms. The van der Waals surface area contributed by atoms with E-state index in [0.717, 1.165) is 25.7 Å². The van der Waals surface area contributed by atoms with Crippen molar-refractivity contribution in [2.24, 2.45) is 0 Å². The molecule has 158 valence electrons. The quantitative estimate of drug-likeness (QED) is 0.697. The normalized spacial score (nSPS) is 37.9. The first-order valence-corrected chi connectivity index (χ1v) is 10.9. The Balaban J connectivity index is 1.44. The number of halogens is 1. The highest BCUT2D eigenvalue weighted by atomic mass is 31.2. The first-order valence-electron chi connectivity index (χ1n) is 9.41. The predicted molar refractivity (Wildman–Crippen MR) is 96.6 cm³/mol. The minimum atomic E-state index is -3.91. The summed E-state index contributed by atoms with van der Waals surface area (Å²) in [5.74, 6) is -0.613. The summed E-state index contributed by atoms with van der Waals surface area (Å²) in [6.45, 7) is 1.14. The zero-order valence-corrected chi connectivity index (χ0v) is 16.5. The molecule has 13 heteroatoms. The lowest BCUT2D eigenvalue weighted by Crippen LogP contribution is -2.45. The number of phosphoric ester groups is 1. The Morgan fingerprint density at radius 3 is 2.93 bits per heavy atom. The Hall–Kier alpha value is -1.85. The molecule has 5 rings (SSSR count). The molecular weight excluding hydrogens is 408 g/mol. The number of anilines is 1. The summed E-state index contributed by atoms with van der Waals surface area (Å²) in [5, 5.41) is 9.91. The summed E-state index contributed by atoms with van der Waals surface area (Å²) in [7, 11) is -3.91. The van der Waals surface area contributed by atoms with Crippen LogP contribution in [-0.2, 0) is 22.9 Å². The van der Waals surface area contributed by atoms with Crippen LogP contribution in [0.25, 0.3) is 11.2 Å². The average molecular weight is 429 g/mol. The molecule has 0 aromatic carbocycles. The molecule has 3 N–H and O–H groups in total. The van der Waals surface area contributed by atoms with Crippen LogP contribution in [0.2, 0.25) is 0 Å². The molecule has 2 aliphatic heterocycles. The lowest BCUT2D eigenvalue weighted by molar-refractivity contribution is -0.0745. The second kappa shape index (κ2) is 6.58. The van der Waals surface area contributed by atoms with Crippen molar-refractivity contribution in [2.75, 3.05) is 12.3 Å². The van der Waals surface area contributed by atoms with Crippen molar-refractivity contribution in [3.8, 4) is 5.88 Å². The summed E-state index contributed by atoms with van der Waals surface area (Å²) >= 11 is 0. The average Bonchev–Trinajstić information content (AvgIpc) is 3.34. The van der Waals surface area contributed by atoms with Crippen molar-refractivity contribution in [1.29, 1.82) is 0 Å². The summed E-state index contributed by atoms with van der Waals surface area (Å²) in [4.78, 5) is 11.7. The molecule has 3 aliphatic rings. The number of fused-ring (bicyclic) bond motifs is 2. The third kappa shape index (κ3) is 3.10. The fourth-order valence-corrected chi connectivity index (χ4v) is 5.86. The third-order valence-electron chi connectivity index (χ3n) is 5.57. The molecule has 1 saturated carbocycles. The van der Waals surface area contributed by atoms with Crippen molar-refractivity contribution in [3.05, 3.63) is 6.33 Å². The zero-order valence-electron chi connectivity index (χ0n) is 15.6. The van der Waals surface area contributed by atoms with Crippen LogP contribution in [0.4, 0.5) is 10.3 Å². The molecule has 4 heterocycles. The number of alkyl halides is 1. The molecule has 1 unspecified atom stereocenters. The van der Waals surface area contributed by atoms with Gasteiger partial charge in [0.05, 0.1) is 19.0 Å². The van der Waals surface area contributed by atoms with E-state index in [-0.39, 0.29) is 29.8 Å². The van der Waals surface area contributed by atoms with Gasteiger partial charge in [0.25, 0.3) is 0 Å². The van der Waals surface area contributed by atoms with Gasteiger partial charge in [-0.2, -0.15) is 9.97 Å². The Morgan fingerprint density at radius 1 is 1.41 bits per heavy atom. The maximum Gasteiger partial charge on any atom is 0.475 e. The number of rotatable bonds is 3. The van der Waals surface area contributed by atoms with Gasteiger partial charge in [-0.1, -0.05) is 12.8 Å². The van der Waals surface area contributed by atoms with E-state index >= 15 is 4.39 Å². The minimum Gasteiger partial charge on any atom is -0.492 e. The van der Waals surface area contributed by atoms with E-state index in [1.54, 1.807) is 0 Å². The molecule has 29 heavy (non-hydrogen) atoms. The van der Waals surface area contributed by atoms with Crippen LogP contribution < -0.4 is 5.73 Å². The number of nitrogens with two attached hydrogens (primary N) is 1. The second-order valence-corrected chi connectivity index (χ2v) is 9.26. The summed E-state index contributed by atoms with van der Waals surface area (Å²) in [6.07, 6.45) is 1.33. The molecule has 0 amide bonds. The van der Waals surface area contributed by atoms with E-state index in [2.05, 4.69) is 15.0 Å². The molecule has 5 atom stereocenters. The zero-order chi connectivity index (χ0) is 20.4. The molecule has 2 aromatic rings. The van der Waals surface area contributed by atoms with E-state index in [4.69, 9.17) is 24.0 Å². The van der Waals surface area contributed by atoms with E-state index in [1.807, 2.05) is 0 Å². The third-order valence-corrected chi connectivity index (χ3v) is 7.08. The summed E-state index contributed by atoms with van der Waals surface area (Å²) in [5.41, 5.74) is 3.64. The van der Waals surface area contributed by atoms with Gasteiger partial charge >= 0.3 is 7.82 Å². The number of aromatic hydroxyl groups is 1. The summed E-state index contributed by atoms with van der Waals surface area (Å²) < 4.78 is 52.4. The van der Waals surface area contributed by atoms with Gasteiger partial charge in [-0.15, -0.1) is 0 Å². The van der Waals surface area contributed by atoms with Gasteiger partial charge < -0.3 is 15.6 Å². The van der Waals surface area contributed by atoms with Crippen LogP contribution in [0.3, 0.4) is 0 Å². The number of nitrogen functional groups attached to an aromatic ring is 1. The van der Waals surface area contributed by atoms with Gasteiger partial charge in [-0.25, -0.2) is 13.9 Å². The first-order chi connectivity index (χ1) is 13.8. The predicted octanol–water partition coefficient (Wildman–Crippen LogP) is 2.22. The Kier molecular flexibility index (Phi) is 4.34. The van der Waals surface area contributed by atoms with Crippen LogP contribution in [0.1, 0.15) is 38.8 Å². The standard InChI is InChI=1S/C16H21FN5O6P/c1-16(17)11-9(6-25-29(24,28-11)27-8-4-2-3-5-8)26-14(16)22-7-19-10-12(22)20-15(18)21-13(10)23/h7-9,11,14H,2-6H2,1H3,(H3,18,20,21,23)/t9-,11-,14-,16-,29?/m1/s1. The van der Waals surface area contributed by atoms with Crippen LogP contribution in [0.15, 0.2) is 6.33 Å². The fraction of sp³-hybridized carbons (Fsp3) is 0.688. The van der Waals surface area contributed by atoms with Gasteiger partial charge in [0.15, 0.2) is 23.1 Å². The molecule has 2 aromatic heterocycles. The molecule has 11 nitrogen and oxygen atoms in total. The van der Waals surface area contributed by atoms with Crippen molar-refractivity contribution < 1.29 is 32.4 Å². The van der Waals surface area contributed by atoms with Gasteiger partial charge in [-0.05, 0) is 19.8 Å².